The summed E-state index contributed by atoms with van der Waals surface area (Å²) in [5.41, 5.74) is 10.5. The van der Waals surface area contributed by atoms with Crippen LogP contribution in [0.1, 0.15) is 0 Å². The van der Waals surface area contributed by atoms with Crippen molar-refractivity contribution in [3.63, 3.8) is 0 Å². The summed E-state index contributed by atoms with van der Waals surface area (Å²) < 4.78 is 6.69. The molecule has 3 heteroatoms. The normalized spacial score (nSPS) is 11.5. The monoisotopic (exact) mass is 664 g/mol. The van der Waals surface area contributed by atoms with Gasteiger partial charge in [-0.25, -0.2) is 4.98 Å². The molecule has 0 aliphatic heterocycles. The highest BCUT2D eigenvalue weighted by Gasteiger charge is 2.21. The molecule has 0 spiro atoms. The summed E-state index contributed by atoms with van der Waals surface area (Å²) in [7, 11) is 0. The van der Waals surface area contributed by atoms with Crippen molar-refractivity contribution in [2.24, 2.45) is 0 Å². The zero-order chi connectivity index (χ0) is 34.4. The molecule has 0 radical (unpaired) electrons. The maximum Gasteiger partial charge on any atom is 0.227 e. The second-order valence-corrected chi connectivity index (χ2v) is 13.2. The van der Waals surface area contributed by atoms with E-state index in [0.29, 0.717) is 5.89 Å². The molecule has 0 unspecified atom stereocenters. The van der Waals surface area contributed by atoms with E-state index in [-0.39, 0.29) is 0 Å². The molecule has 1 heterocycles. The summed E-state index contributed by atoms with van der Waals surface area (Å²) in [5.74, 6) is 0.620. The summed E-state index contributed by atoms with van der Waals surface area (Å²) in [6, 6.07) is 68.8. The quantitative estimate of drug-likeness (QED) is 0.166. The second kappa shape index (κ2) is 12.4. The highest BCUT2D eigenvalue weighted by atomic mass is 16.3. The Labute approximate surface area is 301 Å². The molecule has 0 fully saturated rings. The Bertz CT molecular complexity index is 2880. The van der Waals surface area contributed by atoms with Crippen LogP contribution in [0.25, 0.3) is 77.1 Å². The lowest BCUT2D eigenvalue weighted by molar-refractivity contribution is 0.623. The molecule has 0 saturated carbocycles. The van der Waals surface area contributed by atoms with E-state index in [4.69, 9.17) is 9.40 Å². The highest BCUT2D eigenvalue weighted by molar-refractivity contribution is 6.22. The number of hydrogen-bond acceptors (Lipinski definition) is 3. The minimum Gasteiger partial charge on any atom is -0.435 e. The molecule has 0 aliphatic rings. The van der Waals surface area contributed by atoms with E-state index in [2.05, 4.69) is 169 Å². The lowest BCUT2D eigenvalue weighted by Gasteiger charge is -2.28. The van der Waals surface area contributed by atoms with Gasteiger partial charge in [0, 0.05) is 27.7 Å². The fourth-order valence-electron chi connectivity index (χ4n) is 7.59. The average Bonchev–Trinajstić information content (AvgIpc) is 3.67. The number of anilines is 3. The molecule has 10 aromatic rings. The molecule has 0 amide bonds. The lowest BCUT2D eigenvalue weighted by Crippen LogP contribution is -2.10. The van der Waals surface area contributed by atoms with Crippen LogP contribution in [0.5, 0.6) is 0 Å². The van der Waals surface area contributed by atoms with E-state index in [1.54, 1.807) is 0 Å². The fraction of sp³-hybridized carbons (Fsp3) is 0. The number of para-hydroxylation sites is 1. The van der Waals surface area contributed by atoms with Gasteiger partial charge in [-0.1, -0.05) is 133 Å². The standard InChI is InChI=1S/C49H32N2O/c1-5-15-33(16-6-1)38-29-36-21-13-14-24-41(36)46(31-38)51(39-22-11-4-12-23-39)40-26-27-42-43(34-17-7-2-8-18-34)30-37-25-28-45-48(47(37)44(42)32-40)52-49(50-45)35-19-9-3-10-20-35/h1-32H. The van der Waals surface area contributed by atoms with Gasteiger partial charge < -0.3 is 9.32 Å². The maximum absolute atomic E-state index is 6.69. The molecule has 0 bridgehead atoms. The average molecular weight is 665 g/mol. The van der Waals surface area contributed by atoms with Crippen molar-refractivity contribution in [3.8, 4) is 33.7 Å². The zero-order valence-corrected chi connectivity index (χ0v) is 28.3. The molecule has 9 aromatic carbocycles. The van der Waals surface area contributed by atoms with Crippen LogP contribution in [0.15, 0.2) is 199 Å². The van der Waals surface area contributed by atoms with Crippen LogP contribution in [0, 0.1) is 0 Å². The molecular weight excluding hydrogens is 633 g/mol. The van der Waals surface area contributed by atoms with E-state index < -0.39 is 0 Å². The fourth-order valence-corrected chi connectivity index (χ4v) is 7.59. The smallest absolute Gasteiger partial charge is 0.227 e. The summed E-state index contributed by atoms with van der Waals surface area (Å²) in [6.07, 6.45) is 0. The molecule has 0 aliphatic carbocycles. The third-order valence-electron chi connectivity index (χ3n) is 10.0. The van der Waals surface area contributed by atoms with Crippen LogP contribution in [0.3, 0.4) is 0 Å². The first-order valence-electron chi connectivity index (χ1n) is 17.6. The Morgan fingerprint density at radius 1 is 0.404 bits per heavy atom. The first kappa shape index (κ1) is 29.9. The van der Waals surface area contributed by atoms with Gasteiger partial charge in [-0.05, 0) is 104 Å². The van der Waals surface area contributed by atoms with Crippen molar-refractivity contribution < 1.29 is 4.42 Å². The van der Waals surface area contributed by atoms with Crippen molar-refractivity contribution in [2.75, 3.05) is 4.90 Å². The Hall–Kier alpha value is -6.97. The Kier molecular flexibility index (Phi) is 7.14. The Morgan fingerprint density at radius 2 is 1.06 bits per heavy atom. The van der Waals surface area contributed by atoms with Crippen LogP contribution < -0.4 is 4.90 Å². The SMILES string of the molecule is c1ccc(-c2cc(N(c3ccccc3)c3ccc4c(-c5ccccc5)cc5ccc6nc(-c7ccccc7)oc6c5c4c3)c3ccccc3c2)cc1. The van der Waals surface area contributed by atoms with Gasteiger partial charge in [0.05, 0.1) is 5.69 Å². The Balaban J connectivity index is 1.29. The number of rotatable bonds is 6. The first-order valence-corrected chi connectivity index (χ1v) is 17.6. The summed E-state index contributed by atoms with van der Waals surface area (Å²) in [6.45, 7) is 0. The van der Waals surface area contributed by atoms with Gasteiger partial charge >= 0.3 is 0 Å². The number of oxazole rings is 1. The van der Waals surface area contributed by atoms with Gasteiger partial charge in [0.15, 0.2) is 5.58 Å². The van der Waals surface area contributed by atoms with E-state index in [9.17, 15) is 0 Å². The van der Waals surface area contributed by atoms with Crippen molar-refractivity contribution in [1.82, 2.24) is 4.98 Å². The van der Waals surface area contributed by atoms with Crippen molar-refractivity contribution in [3.05, 3.63) is 194 Å². The molecule has 10 rings (SSSR count). The Morgan fingerprint density at radius 3 is 1.81 bits per heavy atom. The van der Waals surface area contributed by atoms with Gasteiger partial charge in [-0.2, -0.15) is 0 Å². The maximum atomic E-state index is 6.69. The van der Waals surface area contributed by atoms with Crippen molar-refractivity contribution >= 4 is 60.5 Å². The van der Waals surface area contributed by atoms with Gasteiger partial charge in [-0.15, -0.1) is 0 Å². The lowest BCUT2D eigenvalue weighted by atomic mass is 9.92. The van der Waals surface area contributed by atoms with Gasteiger partial charge in [0.2, 0.25) is 5.89 Å². The van der Waals surface area contributed by atoms with Crippen molar-refractivity contribution in [2.45, 2.75) is 0 Å². The number of benzene rings is 9. The van der Waals surface area contributed by atoms with E-state index >= 15 is 0 Å². The zero-order valence-electron chi connectivity index (χ0n) is 28.3. The molecule has 0 N–H and O–H groups in total. The largest absolute Gasteiger partial charge is 0.435 e. The highest BCUT2D eigenvalue weighted by Crippen LogP contribution is 2.45. The molecular formula is C49H32N2O. The van der Waals surface area contributed by atoms with Crippen LogP contribution in [0.4, 0.5) is 17.1 Å². The molecule has 52 heavy (non-hydrogen) atoms. The van der Waals surface area contributed by atoms with E-state index in [0.717, 1.165) is 55.3 Å². The first-order chi connectivity index (χ1) is 25.8. The van der Waals surface area contributed by atoms with Gasteiger partial charge in [0.25, 0.3) is 0 Å². The van der Waals surface area contributed by atoms with E-state index in [1.807, 2.05) is 30.3 Å². The summed E-state index contributed by atoms with van der Waals surface area (Å²) >= 11 is 0. The van der Waals surface area contributed by atoms with Crippen molar-refractivity contribution in [1.29, 1.82) is 0 Å². The third-order valence-corrected chi connectivity index (χ3v) is 10.0. The minimum atomic E-state index is 0.620. The summed E-state index contributed by atoms with van der Waals surface area (Å²) in [4.78, 5) is 7.36. The number of hydrogen-bond donors (Lipinski definition) is 0. The van der Waals surface area contributed by atoms with Crippen LogP contribution >= 0.6 is 0 Å². The van der Waals surface area contributed by atoms with Crippen LogP contribution in [-0.2, 0) is 0 Å². The van der Waals surface area contributed by atoms with Gasteiger partial charge in [-0.3, -0.25) is 0 Å². The molecule has 1 aromatic heterocycles. The van der Waals surface area contributed by atoms with Crippen LogP contribution in [0.2, 0.25) is 0 Å². The molecule has 0 saturated heterocycles. The number of aromatic nitrogens is 1. The van der Waals surface area contributed by atoms with Gasteiger partial charge in [0.1, 0.15) is 5.52 Å². The molecule has 244 valence electrons. The topological polar surface area (TPSA) is 29.3 Å². The van der Waals surface area contributed by atoms with E-state index in [1.165, 1.54) is 33.0 Å². The molecule has 3 nitrogen and oxygen atoms in total. The second-order valence-electron chi connectivity index (χ2n) is 13.2. The third kappa shape index (κ3) is 5.10. The van der Waals surface area contributed by atoms with Crippen LogP contribution in [-0.4, -0.2) is 4.98 Å². The predicted octanol–water partition coefficient (Wildman–Crippen LogP) is 13.8. The molecule has 0 atom stereocenters. The number of nitrogens with zero attached hydrogens (tertiary/aromatic N) is 2. The summed E-state index contributed by atoms with van der Waals surface area (Å²) in [5, 5.41) is 6.80. The number of fused-ring (bicyclic) bond motifs is 6. The predicted molar refractivity (Wildman–Crippen MR) is 218 cm³/mol. The minimum absolute atomic E-state index is 0.620.